The van der Waals surface area contributed by atoms with E-state index >= 15 is 0 Å². The van der Waals surface area contributed by atoms with Gasteiger partial charge in [0.25, 0.3) is 5.91 Å². The number of amides is 2. The number of hydrogen-bond acceptors (Lipinski definition) is 7. The van der Waals surface area contributed by atoms with Crippen LogP contribution >= 0.6 is 11.3 Å². The number of nitrogens with zero attached hydrogens (tertiary/aromatic N) is 3. The second kappa shape index (κ2) is 9.95. The highest BCUT2D eigenvalue weighted by molar-refractivity contribution is 7.92. The minimum Gasteiger partial charge on any atom is -0.468 e. The van der Waals surface area contributed by atoms with Crippen molar-refractivity contribution in [2.24, 2.45) is 10.9 Å². The molecule has 1 saturated heterocycles. The van der Waals surface area contributed by atoms with Crippen molar-refractivity contribution in [2.45, 2.75) is 33.2 Å². The maximum atomic E-state index is 12.5. The van der Waals surface area contributed by atoms with Gasteiger partial charge in [-0.3, -0.25) is 14.4 Å². The molecular weight excluding hydrogens is 454 g/mol. The van der Waals surface area contributed by atoms with Crippen LogP contribution in [0.25, 0.3) is 10.2 Å². The number of methoxy groups -OCH3 is 1. The van der Waals surface area contributed by atoms with Crippen molar-refractivity contribution in [3.05, 3.63) is 28.6 Å². The van der Waals surface area contributed by atoms with Gasteiger partial charge in [0.2, 0.25) is 5.91 Å². The molecule has 1 fully saturated rings. The standard InChI is InChI=1S/C21H27N3O6S2/c1-14-6-7-16-17(9-14)31-21(24(16)11-20(27)30-3)22-18(25)12-32(28,29)13-19(26)23-8-4-5-15(2)10-23/h6-7,9,15H,4-5,8,10-13H2,1-3H3. The van der Waals surface area contributed by atoms with Gasteiger partial charge in [-0.25, -0.2) is 8.42 Å². The van der Waals surface area contributed by atoms with E-state index in [1.165, 1.54) is 23.0 Å². The van der Waals surface area contributed by atoms with Crippen molar-refractivity contribution in [2.75, 3.05) is 31.7 Å². The highest BCUT2D eigenvalue weighted by Crippen LogP contribution is 2.19. The molecule has 9 nitrogen and oxygen atoms in total. The van der Waals surface area contributed by atoms with Crippen molar-refractivity contribution in [1.29, 1.82) is 0 Å². The third-order valence-electron chi connectivity index (χ3n) is 5.27. The van der Waals surface area contributed by atoms with Crippen molar-refractivity contribution < 1.29 is 27.5 Å². The van der Waals surface area contributed by atoms with Crippen LogP contribution in [-0.2, 0) is 35.5 Å². The molecule has 0 saturated carbocycles. The van der Waals surface area contributed by atoms with Gasteiger partial charge >= 0.3 is 5.97 Å². The smallest absolute Gasteiger partial charge is 0.325 e. The zero-order valence-corrected chi connectivity index (χ0v) is 20.0. The van der Waals surface area contributed by atoms with Crippen LogP contribution < -0.4 is 4.80 Å². The van der Waals surface area contributed by atoms with Crippen molar-refractivity contribution >= 4 is 49.2 Å². The van der Waals surface area contributed by atoms with Crippen molar-refractivity contribution in [1.82, 2.24) is 9.47 Å². The summed E-state index contributed by atoms with van der Waals surface area (Å²) in [6, 6.07) is 5.57. The van der Waals surface area contributed by atoms with Gasteiger partial charge in [0, 0.05) is 13.1 Å². The van der Waals surface area contributed by atoms with Crippen LogP contribution in [0.3, 0.4) is 0 Å². The van der Waals surface area contributed by atoms with Crippen LogP contribution in [0.4, 0.5) is 0 Å². The summed E-state index contributed by atoms with van der Waals surface area (Å²) in [4.78, 5) is 42.5. The number of carbonyl (C=O) groups is 3. The molecule has 11 heteroatoms. The van der Waals surface area contributed by atoms with Crippen LogP contribution in [0.5, 0.6) is 0 Å². The topological polar surface area (TPSA) is 115 Å². The minimum atomic E-state index is -3.98. The number of carbonyl (C=O) groups excluding carboxylic acids is 3. The molecule has 1 unspecified atom stereocenters. The zero-order chi connectivity index (χ0) is 23.5. The molecule has 0 N–H and O–H groups in total. The molecule has 1 aromatic heterocycles. The maximum Gasteiger partial charge on any atom is 0.325 e. The summed E-state index contributed by atoms with van der Waals surface area (Å²) >= 11 is 1.18. The maximum absolute atomic E-state index is 12.5. The lowest BCUT2D eigenvalue weighted by molar-refractivity contribution is -0.141. The number of hydrogen-bond donors (Lipinski definition) is 0. The van der Waals surface area contributed by atoms with Gasteiger partial charge in [0.05, 0.1) is 17.3 Å². The fourth-order valence-corrected chi connectivity index (χ4v) is 5.93. The first kappa shape index (κ1) is 24.1. The lowest BCUT2D eigenvalue weighted by atomic mass is 10.0. The zero-order valence-electron chi connectivity index (χ0n) is 18.4. The Morgan fingerprint density at radius 3 is 2.69 bits per heavy atom. The highest BCUT2D eigenvalue weighted by Gasteiger charge is 2.27. The SMILES string of the molecule is COC(=O)Cn1c(=NC(=O)CS(=O)(=O)CC(=O)N2CCCC(C)C2)sc2cc(C)ccc21. The predicted octanol–water partition coefficient (Wildman–Crippen LogP) is 1.28. The number of benzene rings is 1. The Kier molecular flexibility index (Phi) is 7.50. The fraction of sp³-hybridized carbons (Fsp3) is 0.524. The summed E-state index contributed by atoms with van der Waals surface area (Å²) in [5.41, 5.74) is 1.68. The van der Waals surface area contributed by atoms with Gasteiger partial charge in [-0.15, -0.1) is 0 Å². The van der Waals surface area contributed by atoms with E-state index in [4.69, 9.17) is 4.74 Å². The highest BCUT2D eigenvalue weighted by atomic mass is 32.2. The van der Waals surface area contributed by atoms with Gasteiger partial charge in [-0.05, 0) is 43.4 Å². The molecule has 0 bridgehead atoms. The van der Waals surface area contributed by atoms with Crippen LogP contribution in [0.15, 0.2) is 23.2 Å². The second-order valence-electron chi connectivity index (χ2n) is 8.14. The molecule has 1 aliphatic rings. The lowest BCUT2D eigenvalue weighted by Gasteiger charge is -2.30. The van der Waals surface area contributed by atoms with Crippen LogP contribution in [-0.4, -0.2) is 67.4 Å². The molecule has 2 aromatic rings. The number of likely N-dealkylation sites (tertiary alicyclic amines) is 1. The average molecular weight is 482 g/mol. The molecule has 0 aliphatic carbocycles. The second-order valence-corrected chi connectivity index (χ2v) is 11.2. The van der Waals surface area contributed by atoms with Crippen LogP contribution in [0.2, 0.25) is 0 Å². The monoisotopic (exact) mass is 481 g/mol. The molecule has 1 atom stereocenters. The molecule has 0 radical (unpaired) electrons. The molecule has 2 heterocycles. The van der Waals surface area contributed by atoms with Crippen LogP contribution in [0, 0.1) is 12.8 Å². The molecule has 174 valence electrons. The van der Waals surface area contributed by atoms with E-state index in [-0.39, 0.29) is 11.3 Å². The third-order valence-corrected chi connectivity index (χ3v) is 7.68. The summed E-state index contributed by atoms with van der Waals surface area (Å²) in [5.74, 6) is -3.14. The summed E-state index contributed by atoms with van der Waals surface area (Å²) < 4.78 is 32.0. The number of aryl methyl sites for hydroxylation is 1. The Morgan fingerprint density at radius 1 is 1.25 bits per heavy atom. The third kappa shape index (κ3) is 6.04. The minimum absolute atomic E-state index is 0.163. The Morgan fingerprint density at radius 2 is 2.00 bits per heavy atom. The summed E-state index contributed by atoms with van der Waals surface area (Å²) in [6.07, 6.45) is 1.85. The predicted molar refractivity (Wildman–Crippen MR) is 121 cm³/mol. The number of rotatable bonds is 6. The number of thiazole rings is 1. The molecule has 0 spiro atoms. The Hall–Kier alpha value is -2.53. The quantitative estimate of drug-likeness (QED) is 0.574. The van der Waals surface area contributed by atoms with E-state index in [0.717, 1.165) is 23.1 Å². The number of piperidine rings is 1. The van der Waals surface area contributed by atoms with Crippen LogP contribution in [0.1, 0.15) is 25.3 Å². The van der Waals surface area contributed by atoms with Gasteiger partial charge in [-0.1, -0.05) is 24.3 Å². The van der Waals surface area contributed by atoms with Crippen molar-refractivity contribution in [3.8, 4) is 0 Å². The van der Waals surface area contributed by atoms with Gasteiger partial charge < -0.3 is 14.2 Å². The summed E-state index contributed by atoms with van der Waals surface area (Å²) in [7, 11) is -2.71. The van der Waals surface area contributed by atoms with Gasteiger partial charge in [0.1, 0.15) is 18.1 Å². The molecule has 1 aromatic carbocycles. The molecular formula is C21H27N3O6S2. The van der Waals surface area contributed by atoms with E-state index in [1.54, 1.807) is 4.90 Å². The lowest BCUT2D eigenvalue weighted by Crippen LogP contribution is -2.42. The number of fused-ring (bicyclic) bond motifs is 1. The van der Waals surface area contributed by atoms with E-state index < -0.39 is 39.1 Å². The number of sulfone groups is 1. The fourth-order valence-electron chi connectivity index (χ4n) is 3.69. The van der Waals surface area contributed by atoms with Gasteiger partial charge in [0.15, 0.2) is 14.6 Å². The van der Waals surface area contributed by atoms with E-state index in [2.05, 4.69) is 4.99 Å². The molecule has 32 heavy (non-hydrogen) atoms. The first-order valence-electron chi connectivity index (χ1n) is 10.3. The van der Waals surface area contributed by atoms with E-state index in [9.17, 15) is 22.8 Å². The summed E-state index contributed by atoms with van der Waals surface area (Å²) in [5, 5.41) is 0. The van der Waals surface area contributed by atoms with E-state index in [1.807, 2.05) is 32.0 Å². The first-order chi connectivity index (χ1) is 15.1. The Labute approximate surface area is 190 Å². The first-order valence-corrected chi connectivity index (χ1v) is 12.9. The molecule has 1 aliphatic heterocycles. The van der Waals surface area contributed by atoms with Gasteiger partial charge in [-0.2, -0.15) is 4.99 Å². The number of aromatic nitrogens is 1. The number of ether oxygens (including phenoxy) is 1. The van der Waals surface area contributed by atoms with Crippen molar-refractivity contribution in [3.63, 3.8) is 0 Å². The average Bonchev–Trinajstić information content (AvgIpc) is 3.02. The number of esters is 1. The van der Waals surface area contributed by atoms with E-state index in [0.29, 0.717) is 24.5 Å². The Balaban J connectivity index is 1.81. The normalized spacial score (nSPS) is 17.5. The Bertz CT molecular complexity index is 1210. The largest absolute Gasteiger partial charge is 0.468 e. The molecule has 2 amide bonds. The summed E-state index contributed by atoms with van der Waals surface area (Å²) in [6.45, 7) is 4.84. The molecule has 3 rings (SSSR count).